The van der Waals surface area contributed by atoms with Gasteiger partial charge in [0.05, 0.1) is 17.6 Å². The Hall–Kier alpha value is -2.91. The number of methoxy groups -OCH3 is 1. The molecule has 0 aliphatic rings. The van der Waals surface area contributed by atoms with Gasteiger partial charge >= 0.3 is 0 Å². The van der Waals surface area contributed by atoms with E-state index in [0.717, 1.165) is 0 Å². The maximum Gasteiger partial charge on any atom is 0.268 e. The molecule has 2 aromatic heterocycles. The number of sulfonamides is 1. The first kappa shape index (κ1) is 17.9. The number of carbonyl (C=O) groups is 1. The van der Waals surface area contributed by atoms with Gasteiger partial charge in [-0.2, -0.15) is 0 Å². The summed E-state index contributed by atoms with van der Waals surface area (Å²) >= 11 is 6.05. The van der Waals surface area contributed by atoms with Gasteiger partial charge in [0, 0.05) is 12.3 Å². The Labute approximate surface area is 154 Å². The second-order valence-electron chi connectivity index (χ2n) is 5.06. The van der Waals surface area contributed by atoms with Crippen molar-refractivity contribution < 1.29 is 17.9 Å². The largest absolute Gasteiger partial charge is 0.480 e. The van der Waals surface area contributed by atoms with Crippen LogP contribution in [0.3, 0.4) is 0 Å². The second-order valence-corrected chi connectivity index (χ2v) is 7.10. The molecule has 0 saturated heterocycles. The molecule has 0 fully saturated rings. The van der Waals surface area contributed by atoms with Crippen LogP contribution in [0.15, 0.2) is 59.6 Å². The molecule has 10 heteroatoms. The molecular formula is C16H13ClN4O4S. The molecule has 2 heterocycles. The smallest absolute Gasteiger partial charge is 0.268 e. The molecule has 0 spiro atoms. The number of benzene rings is 1. The predicted molar refractivity (Wildman–Crippen MR) is 94.0 cm³/mol. The molecule has 26 heavy (non-hydrogen) atoms. The highest BCUT2D eigenvalue weighted by molar-refractivity contribution is 7.90. The van der Waals surface area contributed by atoms with Crippen molar-refractivity contribution in [3.8, 4) is 11.7 Å². The summed E-state index contributed by atoms with van der Waals surface area (Å²) in [5.74, 6) is -0.143. The van der Waals surface area contributed by atoms with Gasteiger partial charge in [-0.1, -0.05) is 29.8 Å². The fraction of sp³-hybridized carbons (Fsp3) is 0.0625. The number of rotatable bonds is 5. The zero-order valence-corrected chi connectivity index (χ0v) is 15.0. The Kier molecular flexibility index (Phi) is 4.92. The second kappa shape index (κ2) is 7.14. The zero-order chi connectivity index (χ0) is 18.7. The lowest BCUT2D eigenvalue weighted by molar-refractivity contribution is 0.0981. The number of pyridine rings is 1. The summed E-state index contributed by atoms with van der Waals surface area (Å²) in [4.78, 5) is 16.3. The molecule has 3 aromatic rings. The van der Waals surface area contributed by atoms with E-state index in [1.54, 1.807) is 30.5 Å². The molecule has 0 unspecified atom stereocenters. The van der Waals surface area contributed by atoms with Crippen LogP contribution in [0.1, 0.15) is 10.4 Å². The van der Waals surface area contributed by atoms with Crippen molar-refractivity contribution in [1.29, 1.82) is 0 Å². The SMILES string of the molecule is COc1ccn(-c2ccc(C(=O)NS(=O)(=O)c3ccccc3)c(Cl)n2)n1. The molecule has 8 nitrogen and oxygen atoms in total. The number of carbonyl (C=O) groups excluding carboxylic acids is 1. The zero-order valence-electron chi connectivity index (χ0n) is 13.5. The van der Waals surface area contributed by atoms with Crippen molar-refractivity contribution in [3.05, 3.63) is 65.4 Å². The topological polar surface area (TPSA) is 103 Å². The molecule has 0 saturated carbocycles. The highest BCUT2D eigenvalue weighted by atomic mass is 35.5. The quantitative estimate of drug-likeness (QED) is 0.666. The number of ether oxygens (including phenoxy) is 1. The van der Waals surface area contributed by atoms with Crippen LogP contribution in [0.2, 0.25) is 5.15 Å². The summed E-state index contributed by atoms with van der Waals surface area (Å²) in [7, 11) is -2.53. The molecule has 1 N–H and O–H groups in total. The molecule has 0 atom stereocenters. The van der Waals surface area contributed by atoms with Crippen molar-refractivity contribution >= 4 is 27.5 Å². The van der Waals surface area contributed by atoms with Gasteiger partial charge in [0.1, 0.15) is 5.15 Å². The minimum atomic E-state index is -4.01. The third-order valence-corrected chi connectivity index (χ3v) is 5.00. The number of hydrogen-bond acceptors (Lipinski definition) is 6. The van der Waals surface area contributed by atoms with Crippen LogP contribution >= 0.6 is 11.6 Å². The van der Waals surface area contributed by atoms with Crippen molar-refractivity contribution in [2.45, 2.75) is 4.90 Å². The molecule has 1 aromatic carbocycles. The van der Waals surface area contributed by atoms with E-state index >= 15 is 0 Å². The van der Waals surface area contributed by atoms with Crippen molar-refractivity contribution in [2.75, 3.05) is 7.11 Å². The first-order valence-electron chi connectivity index (χ1n) is 7.29. The highest BCUT2D eigenvalue weighted by Gasteiger charge is 2.21. The van der Waals surface area contributed by atoms with E-state index in [-0.39, 0.29) is 15.6 Å². The number of nitrogens with one attached hydrogen (secondary N) is 1. The predicted octanol–water partition coefficient (Wildman–Crippen LogP) is 2.05. The number of amides is 1. The van der Waals surface area contributed by atoms with E-state index in [1.165, 1.54) is 36.1 Å². The van der Waals surface area contributed by atoms with Gasteiger partial charge in [-0.3, -0.25) is 4.79 Å². The summed E-state index contributed by atoms with van der Waals surface area (Å²) < 4.78 is 32.8. The van der Waals surface area contributed by atoms with Gasteiger partial charge in [-0.25, -0.2) is 22.8 Å². The molecule has 0 aliphatic heterocycles. The maximum atomic E-state index is 12.3. The lowest BCUT2D eigenvalue weighted by Crippen LogP contribution is -2.31. The van der Waals surface area contributed by atoms with E-state index < -0.39 is 15.9 Å². The van der Waals surface area contributed by atoms with Crippen molar-refractivity contribution in [1.82, 2.24) is 19.5 Å². The monoisotopic (exact) mass is 392 g/mol. The molecule has 1 amide bonds. The van der Waals surface area contributed by atoms with Crippen LogP contribution in [0.25, 0.3) is 5.82 Å². The number of halogens is 1. The first-order chi connectivity index (χ1) is 12.4. The lowest BCUT2D eigenvalue weighted by Gasteiger charge is -2.09. The van der Waals surface area contributed by atoms with Gasteiger partial charge in [-0.15, -0.1) is 5.10 Å². The maximum absolute atomic E-state index is 12.3. The van der Waals surface area contributed by atoms with Crippen LogP contribution < -0.4 is 9.46 Å². The minimum absolute atomic E-state index is 0.0299. The Bertz CT molecular complexity index is 1050. The molecular weight excluding hydrogens is 380 g/mol. The third-order valence-electron chi connectivity index (χ3n) is 3.37. The molecule has 0 aliphatic carbocycles. The number of hydrogen-bond donors (Lipinski definition) is 1. The Morgan fingerprint density at radius 1 is 1.15 bits per heavy atom. The summed E-state index contributed by atoms with van der Waals surface area (Å²) in [6.45, 7) is 0. The summed E-state index contributed by atoms with van der Waals surface area (Å²) in [5.41, 5.74) is -0.0750. The van der Waals surface area contributed by atoms with Crippen LogP contribution in [-0.4, -0.2) is 36.2 Å². The fourth-order valence-electron chi connectivity index (χ4n) is 2.10. The Balaban J connectivity index is 1.84. The van der Waals surface area contributed by atoms with E-state index in [4.69, 9.17) is 16.3 Å². The minimum Gasteiger partial charge on any atom is -0.480 e. The molecule has 0 bridgehead atoms. The van der Waals surface area contributed by atoms with E-state index in [1.807, 2.05) is 4.72 Å². The highest BCUT2D eigenvalue weighted by Crippen LogP contribution is 2.18. The standard InChI is InChI=1S/C16H13ClN4O4S/c1-25-14-9-10-21(19-14)13-8-7-12(15(17)18-13)16(22)20-26(23,24)11-5-3-2-4-6-11/h2-10H,1H3,(H,20,22). The van der Waals surface area contributed by atoms with Crippen molar-refractivity contribution in [3.63, 3.8) is 0 Å². The first-order valence-corrected chi connectivity index (χ1v) is 9.15. The summed E-state index contributed by atoms with van der Waals surface area (Å²) in [5, 5.41) is 3.94. The molecule has 0 radical (unpaired) electrons. The van der Waals surface area contributed by atoms with Crippen LogP contribution in [0.5, 0.6) is 5.88 Å². The average Bonchev–Trinajstić information content (AvgIpc) is 3.11. The van der Waals surface area contributed by atoms with Crippen molar-refractivity contribution in [2.24, 2.45) is 0 Å². The average molecular weight is 393 g/mol. The van der Waals surface area contributed by atoms with Crippen LogP contribution in [0.4, 0.5) is 0 Å². The fourth-order valence-corrected chi connectivity index (χ4v) is 3.32. The van der Waals surface area contributed by atoms with Crippen LogP contribution in [0, 0.1) is 0 Å². The van der Waals surface area contributed by atoms with Gasteiger partial charge in [0.15, 0.2) is 5.82 Å². The summed E-state index contributed by atoms with van der Waals surface area (Å²) in [6.07, 6.45) is 1.61. The Morgan fingerprint density at radius 2 is 1.88 bits per heavy atom. The van der Waals surface area contributed by atoms with Gasteiger partial charge in [0.2, 0.25) is 5.88 Å². The van der Waals surface area contributed by atoms with Gasteiger partial charge < -0.3 is 4.74 Å². The van der Waals surface area contributed by atoms with Gasteiger partial charge in [-0.05, 0) is 24.3 Å². The number of nitrogens with zero attached hydrogens (tertiary/aromatic N) is 3. The third kappa shape index (κ3) is 3.68. The summed E-state index contributed by atoms with van der Waals surface area (Å²) in [6, 6.07) is 12.0. The van der Waals surface area contributed by atoms with E-state index in [0.29, 0.717) is 11.7 Å². The van der Waals surface area contributed by atoms with Crippen LogP contribution in [-0.2, 0) is 10.0 Å². The molecule has 134 valence electrons. The van der Waals surface area contributed by atoms with Gasteiger partial charge in [0.25, 0.3) is 15.9 Å². The Morgan fingerprint density at radius 3 is 2.50 bits per heavy atom. The lowest BCUT2D eigenvalue weighted by atomic mass is 10.3. The van der Waals surface area contributed by atoms with E-state index in [2.05, 4.69) is 10.1 Å². The normalized spacial score (nSPS) is 11.2. The number of aromatic nitrogens is 3. The van der Waals surface area contributed by atoms with E-state index in [9.17, 15) is 13.2 Å². The molecule has 3 rings (SSSR count).